The Labute approximate surface area is 158 Å². The van der Waals surface area contributed by atoms with Crippen molar-refractivity contribution in [1.29, 1.82) is 0 Å². The van der Waals surface area contributed by atoms with E-state index in [-0.39, 0.29) is 12.0 Å². The molecule has 1 amide bonds. The van der Waals surface area contributed by atoms with E-state index in [9.17, 15) is 4.79 Å². The predicted octanol–water partition coefficient (Wildman–Crippen LogP) is 3.94. The first kappa shape index (κ1) is 18.4. The fourth-order valence-electron chi connectivity index (χ4n) is 2.46. The van der Waals surface area contributed by atoms with Gasteiger partial charge in [-0.25, -0.2) is 4.98 Å². The zero-order chi connectivity index (χ0) is 19.1. The summed E-state index contributed by atoms with van der Waals surface area (Å²) in [5.41, 5.74) is 2.35. The lowest BCUT2D eigenvalue weighted by Crippen LogP contribution is -2.23. The number of pyridine rings is 2. The number of carbonyl (C=O) groups excluding carboxylic acids is 1. The SMILES string of the molecule is CC(C)Oc1ccc(Nc2cc(C(=O)NCc3cccnc3)ccn2)cc1. The molecular weight excluding hydrogens is 340 g/mol. The van der Waals surface area contributed by atoms with E-state index in [0.717, 1.165) is 17.0 Å². The van der Waals surface area contributed by atoms with Crippen LogP contribution in [0.4, 0.5) is 11.5 Å². The van der Waals surface area contributed by atoms with Gasteiger partial charge in [-0.05, 0) is 61.9 Å². The number of aromatic nitrogens is 2. The molecular formula is C21H22N4O2. The van der Waals surface area contributed by atoms with Crippen LogP contribution in [0.15, 0.2) is 67.1 Å². The Morgan fingerprint density at radius 2 is 1.93 bits per heavy atom. The van der Waals surface area contributed by atoms with Crippen LogP contribution in [0.3, 0.4) is 0 Å². The monoisotopic (exact) mass is 362 g/mol. The van der Waals surface area contributed by atoms with Gasteiger partial charge in [0.1, 0.15) is 11.6 Å². The van der Waals surface area contributed by atoms with E-state index in [1.807, 2.05) is 50.2 Å². The van der Waals surface area contributed by atoms with Crippen LogP contribution >= 0.6 is 0 Å². The zero-order valence-electron chi connectivity index (χ0n) is 15.3. The van der Waals surface area contributed by atoms with Crippen molar-refractivity contribution < 1.29 is 9.53 Å². The summed E-state index contributed by atoms with van der Waals surface area (Å²) in [5.74, 6) is 1.25. The first-order valence-electron chi connectivity index (χ1n) is 8.77. The number of amides is 1. The molecule has 27 heavy (non-hydrogen) atoms. The Kier molecular flexibility index (Phi) is 5.99. The minimum Gasteiger partial charge on any atom is -0.491 e. The van der Waals surface area contributed by atoms with Crippen LogP contribution < -0.4 is 15.4 Å². The molecule has 0 saturated carbocycles. The Bertz CT molecular complexity index is 880. The number of anilines is 2. The van der Waals surface area contributed by atoms with Gasteiger partial charge in [0.2, 0.25) is 0 Å². The van der Waals surface area contributed by atoms with Gasteiger partial charge in [0, 0.05) is 36.4 Å². The number of ether oxygens (including phenoxy) is 1. The molecule has 0 spiro atoms. The molecule has 0 aliphatic rings. The van der Waals surface area contributed by atoms with E-state index in [1.54, 1.807) is 30.7 Å². The average molecular weight is 362 g/mol. The number of nitrogens with zero attached hydrogens (tertiary/aromatic N) is 2. The maximum absolute atomic E-state index is 12.4. The molecule has 1 aromatic carbocycles. The molecule has 6 nitrogen and oxygen atoms in total. The molecule has 0 bridgehead atoms. The third-order valence-corrected chi connectivity index (χ3v) is 3.70. The molecule has 2 heterocycles. The summed E-state index contributed by atoms with van der Waals surface area (Å²) in [7, 11) is 0. The number of hydrogen-bond donors (Lipinski definition) is 2. The molecule has 0 unspecified atom stereocenters. The molecule has 0 aliphatic carbocycles. The zero-order valence-corrected chi connectivity index (χ0v) is 15.3. The molecule has 2 N–H and O–H groups in total. The third kappa shape index (κ3) is 5.54. The predicted molar refractivity (Wildman–Crippen MR) is 105 cm³/mol. The number of nitrogens with one attached hydrogen (secondary N) is 2. The van der Waals surface area contributed by atoms with Crippen LogP contribution in [0.25, 0.3) is 0 Å². The van der Waals surface area contributed by atoms with Crippen LogP contribution in [0, 0.1) is 0 Å². The van der Waals surface area contributed by atoms with Crippen LogP contribution in [0.1, 0.15) is 29.8 Å². The van der Waals surface area contributed by atoms with Crippen molar-refractivity contribution in [3.05, 3.63) is 78.2 Å². The van der Waals surface area contributed by atoms with E-state index < -0.39 is 0 Å². The Hall–Kier alpha value is -3.41. The number of rotatable bonds is 7. The fraction of sp³-hybridized carbons (Fsp3) is 0.190. The summed E-state index contributed by atoms with van der Waals surface area (Å²) in [6.07, 6.45) is 5.17. The minimum absolute atomic E-state index is 0.132. The van der Waals surface area contributed by atoms with Gasteiger partial charge in [-0.15, -0.1) is 0 Å². The summed E-state index contributed by atoms with van der Waals surface area (Å²) in [4.78, 5) is 20.7. The highest BCUT2D eigenvalue weighted by atomic mass is 16.5. The molecule has 6 heteroatoms. The highest BCUT2D eigenvalue weighted by Crippen LogP contribution is 2.20. The van der Waals surface area contributed by atoms with Gasteiger partial charge in [-0.3, -0.25) is 9.78 Å². The van der Waals surface area contributed by atoms with Crippen molar-refractivity contribution in [1.82, 2.24) is 15.3 Å². The van der Waals surface area contributed by atoms with Crippen LogP contribution in [-0.2, 0) is 6.54 Å². The molecule has 3 rings (SSSR count). The summed E-state index contributed by atoms with van der Waals surface area (Å²) in [6, 6.07) is 14.8. The van der Waals surface area contributed by atoms with Gasteiger partial charge in [0.25, 0.3) is 5.91 Å². The van der Waals surface area contributed by atoms with Gasteiger partial charge in [-0.1, -0.05) is 6.07 Å². The van der Waals surface area contributed by atoms with Crippen molar-refractivity contribution >= 4 is 17.4 Å². The molecule has 138 valence electrons. The second-order valence-corrected chi connectivity index (χ2v) is 6.29. The molecule has 0 fully saturated rings. The maximum Gasteiger partial charge on any atom is 0.251 e. The van der Waals surface area contributed by atoms with E-state index in [4.69, 9.17) is 4.74 Å². The maximum atomic E-state index is 12.4. The largest absolute Gasteiger partial charge is 0.491 e. The van der Waals surface area contributed by atoms with Gasteiger partial charge in [0.15, 0.2) is 0 Å². The Balaban J connectivity index is 1.62. The van der Waals surface area contributed by atoms with Crippen molar-refractivity contribution in [3.63, 3.8) is 0 Å². The van der Waals surface area contributed by atoms with Crippen molar-refractivity contribution in [2.45, 2.75) is 26.5 Å². The van der Waals surface area contributed by atoms with E-state index in [2.05, 4.69) is 20.6 Å². The highest BCUT2D eigenvalue weighted by molar-refractivity contribution is 5.94. The number of hydrogen-bond acceptors (Lipinski definition) is 5. The topological polar surface area (TPSA) is 76.1 Å². The minimum atomic E-state index is -0.162. The first-order chi connectivity index (χ1) is 13.1. The second kappa shape index (κ2) is 8.80. The molecule has 0 saturated heterocycles. The third-order valence-electron chi connectivity index (χ3n) is 3.70. The summed E-state index contributed by atoms with van der Waals surface area (Å²) in [5, 5.41) is 6.08. The molecule has 3 aromatic rings. The number of carbonyl (C=O) groups is 1. The average Bonchev–Trinajstić information content (AvgIpc) is 2.68. The van der Waals surface area contributed by atoms with Crippen molar-refractivity contribution in [3.8, 4) is 5.75 Å². The molecule has 0 atom stereocenters. The van der Waals surface area contributed by atoms with Gasteiger partial charge >= 0.3 is 0 Å². The normalized spacial score (nSPS) is 10.5. The van der Waals surface area contributed by atoms with E-state index in [1.165, 1.54) is 0 Å². The lowest BCUT2D eigenvalue weighted by molar-refractivity contribution is 0.0951. The van der Waals surface area contributed by atoms with Gasteiger partial charge in [-0.2, -0.15) is 0 Å². The fourth-order valence-corrected chi connectivity index (χ4v) is 2.46. The number of benzene rings is 1. The van der Waals surface area contributed by atoms with Crippen LogP contribution in [-0.4, -0.2) is 22.0 Å². The van der Waals surface area contributed by atoms with Crippen molar-refractivity contribution in [2.24, 2.45) is 0 Å². The van der Waals surface area contributed by atoms with Crippen LogP contribution in [0.5, 0.6) is 5.75 Å². The van der Waals surface area contributed by atoms with Gasteiger partial charge in [0.05, 0.1) is 6.10 Å². The van der Waals surface area contributed by atoms with Crippen LogP contribution in [0.2, 0.25) is 0 Å². The lowest BCUT2D eigenvalue weighted by Gasteiger charge is -2.11. The highest BCUT2D eigenvalue weighted by Gasteiger charge is 2.07. The van der Waals surface area contributed by atoms with E-state index in [0.29, 0.717) is 17.9 Å². The smallest absolute Gasteiger partial charge is 0.251 e. The summed E-state index contributed by atoms with van der Waals surface area (Å²) in [6.45, 7) is 4.40. The lowest BCUT2D eigenvalue weighted by atomic mass is 10.2. The standard InChI is InChI=1S/C21H22N4O2/c1-15(2)27-19-7-5-18(6-8-19)25-20-12-17(9-11-23-20)21(26)24-14-16-4-3-10-22-13-16/h3-13,15H,14H2,1-2H3,(H,23,25)(H,24,26). The Morgan fingerprint density at radius 3 is 2.63 bits per heavy atom. The first-order valence-corrected chi connectivity index (χ1v) is 8.77. The van der Waals surface area contributed by atoms with Gasteiger partial charge < -0.3 is 15.4 Å². The molecule has 2 aromatic heterocycles. The van der Waals surface area contributed by atoms with E-state index >= 15 is 0 Å². The van der Waals surface area contributed by atoms with Crippen molar-refractivity contribution in [2.75, 3.05) is 5.32 Å². The Morgan fingerprint density at radius 1 is 1.11 bits per heavy atom. The summed E-state index contributed by atoms with van der Waals surface area (Å²) >= 11 is 0. The summed E-state index contributed by atoms with van der Waals surface area (Å²) < 4.78 is 5.63. The second-order valence-electron chi connectivity index (χ2n) is 6.29. The molecule has 0 aliphatic heterocycles. The quantitative estimate of drug-likeness (QED) is 0.666. The molecule has 0 radical (unpaired) electrons.